The van der Waals surface area contributed by atoms with Gasteiger partial charge in [-0.15, -0.1) is 0 Å². The summed E-state index contributed by atoms with van der Waals surface area (Å²) in [5.41, 5.74) is 4.54. The Morgan fingerprint density at radius 3 is 1.91 bits per heavy atom. The van der Waals surface area contributed by atoms with Crippen LogP contribution in [0.25, 0.3) is 0 Å². The monoisotopic (exact) mass is 318 g/mol. The fourth-order valence-electron chi connectivity index (χ4n) is 2.63. The van der Waals surface area contributed by atoms with E-state index in [0.717, 1.165) is 13.1 Å². The second-order valence-corrected chi connectivity index (χ2v) is 5.26. The van der Waals surface area contributed by atoms with Crippen LogP contribution < -0.4 is 4.90 Å². The van der Waals surface area contributed by atoms with Crippen molar-refractivity contribution >= 4 is 19.3 Å². The van der Waals surface area contributed by atoms with E-state index in [1.807, 2.05) is 0 Å². The van der Waals surface area contributed by atoms with Gasteiger partial charge >= 0.3 is 7.25 Å². The molecule has 124 valence electrons. The standard InChI is InChI=1S/C15H22N2.BF4/c1-3-6-13-8-5-9-14(7-4-2)15(13)17-11-10-16-12-17;2-1(3,4)5/h5,8-9,12H,3-4,6-7,10-11H2,1-2H3;/q;-1/p+1. The first-order valence-corrected chi connectivity index (χ1v) is 7.70. The number of nitrogens with zero attached hydrogens (tertiary/aromatic N) is 1. The lowest BCUT2D eigenvalue weighted by Crippen LogP contribution is -3.05. The molecule has 1 atom stereocenters. The zero-order valence-corrected chi connectivity index (χ0v) is 13.1. The molecule has 0 saturated carbocycles. The highest BCUT2D eigenvalue weighted by molar-refractivity contribution is 6.50. The van der Waals surface area contributed by atoms with Crippen LogP contribution in [0.15, 0.2) is 23.2 Å². The van der Waals surface area contributed by atoms with Crippen molar-refractivity contribution in [1.82, 2.24) is 0 Å². The summed E-state index contributed by atoms with van der Waals surface area (Å²) in [6.07, 6.45) is 6.89. The van der Waals surface area contributed by atoms with Crippen LogP contribution in [-0.2, 0) is 12.8 Å². The molecule has 0 bridgehead atoms. The molecule has 2 nitrogen and oxygen atoms in total. The molecule has 7 heteroatoms. The predicted molar refractivity (Wildman–Crippen MR) is 83.5 cm³/mol. The average molecular weight is 318 g/mol. The van der Waals surface area contributed by atoms with Crippen molar-refractivity contribution in [1.29, 1.82) is 0 Å². The van der Waals surface area contributed by atoms with Crippen LogP contribution in [0.5, 0.6) is 0 Å². The predicted octanol–water partition coefficient (Wildman–Crippen LogP) is 3.45. The van der Waals surface area contributed by atoms with Gasteiger partial charge in [0.15, 0.2) is 6.34 Å². The molecule has 0 amide bonds. The molecule has 1 heterocycles. The molecule has 1 N–H and O–H groups in total. The third kappa shape index (κ3) is 6.60. The normalized spacial score (nSPS) is 17.3. The van der Waals surface area contributed by atoms with Crippen molar-refractivity contribution in [2.24, 2.45) is 4.99 Å². The summed E-state index contributed by atoms with van der Waals surface area (Å²) in [5.74, 6) is 0. The van der Waals surface area contributed by atoms with E-state index >= 15 is 0 Å². The van der Waals surface area contributed by atoms with Crippen LogP contribution in [0.2, 0.25) is 0 Å². The Bertz CT molecular complexity index is 459. The van der Waals surface area contributed by atoms with Gasteiger partial charge in [0, 0.05) is 11.1 Å². The molecule has 0 aromatic heterocycles. The molecule has 0 fully saturated rings. The lowest BCUT2D eigenvalue weighted by atomic mass is 9.99. The summed E-state index contributed by atoms with van der Waals surface area (Å²) >= 11 is 0. The van der Waals surface area contributed by atoms with Crippen LogP contribution in [0.4, 0.5) is 23.0 Å². The summed E-state index contributed by atoms with van der Waals surface area (Å²) in [6.45, 7) is 6.60. The molecule has 1 aromatic rings. The van der Waals surface area contributed by atoms with Crippen LogP contribution in [0.1, 0.15) is 37.8 Å². The molecule has 22 heavy (non-hydrogen) atoms. The Kier molecular flexibility index (Phi) is 7.58. The number of aryl methyl sites for hydroxylation is 2. The number of rotatable bonds is 5. The number of hydrogen-bond acceptors (Lipinski definition) is 1. The average Bonchev–Trinajstić information content (AvgIpc) is 2.91. The van der Waals surface area contributed by atoms with Gasteiger partial charge in [-0.1, -0.05) is 44.9 Å². The molecular formula is C15H23BF4N2. The smallest absolute Gasteiger partial charge is 0.418 e. The zero-order chi connectivity index (χ0) is 16.6. The molecule has 0 aliphatic carbocycles. The maximum atomic E-state index is 9.75. The first kappa shape index (κ1) is 18.7. The van der Waals surface area contributed by atoms with Crippen LogP contribution in [0, 0.1) is 0 Å². The summed E-state index contributed by atoms with van der Waals surface area (Å²) in [4.78, 5) is 5.84. The Labute approximate surface area is 129 Å². The molecule has 1 aliphatic rings. The Balaban J connectivity index is 0.000000422. The number of nitrogens with one attached hydrogen (secondary N) is 1. The highest BCUT2D eigenvalue weighted by Crippen LogP contribution is 2.20. The number of quaternary nitrogens is 1. The minimum Gasteiger partial charge on any atom is -0.418 e. The van der Waals surface area contributed by atoms with Crippen molar-refractivity contribution in [2.75, 3.05) is 13.1 Å². The Hall–Kier alpha value is -1.37. The number of halogens is 4. The summed E-state index contributed by atoms with van der Waals surface area (Å²) in [6, 6.07) is 6.79. The van der Waals surface area contributed by atoms with Gasteiger partial charge in [0.1, 0.15) is 12.2 Å². The van der Waals surface area contributed by atoms with Crippen LogP contribution in [-0.4, -0.2) is 26.7 Å². The van der Waals surface area contributed by atoms with Crippen molar-refractivity contribution in [3.05, 3.63) is 29.3 Å². The van der Waals surface area contributed by atoms with E-state index in [-0.39, 0.29) is 0 Å². The molecule has 1 unspecified atom stereocenters. The molecule has 0 radical (unpaired) electrons. The summed E-state index contributed by atoms with van der Waals surface area (Å²) in [7, 11) is -6.00. The topological polar surface area (TPSA) is 16.8 Å². The third-order valence-corrected chi connectivity index (χ3v) is 3.35. The molecule has 1 aromatic carbocycles. The lowest BCUT2D eigenvalue weighted by molar-refractivity contribution is -0.715. The molecular weight excluding hydrogens is 295 g/mol. The van der Waals surface area contributed by atoms with Crippen LogP contribution >= 0.6 is 0 Å². The van der Waals surface area contributed by atoms with Gasteiger partial charge in [-0.25, -0.2) is 4.99 Å². The van der Waals surface area contributed by atoms with E-state index < -0.39 is 7.25 Å². The Morgan fingerprint density at radius 2 is 1.55 bits per heavy atom. The fourth-order valence-corrected chi connectivity index (χ4v) is 2.63. The maximum Gasteiger partial charge on any atom is 0.673 e. The lowest BCUT2D eigenvalue weighted by Gasteiger charge is -2.16. The first-order chi connectivity index (χ1) is 10.4. The number of benzene rings is 1. The van der Waals surface area contributed by atoms with Crippen molar-refractivity contribution in [3.8, 4) is 0 Å². The number of hydrogen-bond donors (Lipinski definition) is 1. The summed E-state index contributed by atoms with van der Waals surface area (Å²) < 4.78 is 39.0. The van der Waals surface area contributed by atoms with E-state index in [1.54, 1.807) is 0 Å². The fraction of sp³-hybridized carbons (Fsp3) is 0.533. The quantitative estimate of drug-likeness (QED) is 0.633. The van der Waals surface area contributed by atoms with Gasteiger partial charge in [0.05, 0.1) is 6.54 Å². The van der Waals surface area contributed by atoms with Gasteiger partial charge < -0.3 is 17.3 Å². The van der Waals surface area contributed by atoms with Crippen molar-refractivity contribution < 1.29 is 22.2 Å². The van der Waals surface area contributed by atoms with Gasteiger partial charge in [-0.2, -0.15) is 0 Å². The zero-order valence-electron chi connectivity index (χ0n) is 13.1. The van der Waals surface area contributed by atoms with Crippen molar-refractivity contribution in [2.45, 2.75) is 39.5 Å². The highest BCUT2D eigenvalue weighted by Gasteiger charge is 2.21. The number of aliphatic imine (C=N–C) groups is 1. The Morgan fingerprint density at radius 1 is 1.05 bits per heavy atom. The van der Waals surface area contributed by atoms with Gasteiger partial charge in [0.2, 0.25) is 0 Å². The molecule has 0 saturated heterocycles. The van der Waals surface area contributed by atoms with Gasteiger partial charge in [-0.05, 0) is 12.8 Å². The minimum atomic E-state index is -6.00. The van der Waals surface area contributed by atoms with Crippen LogP contribution in [0.3, 0.4) is 0 Å². The summed E-state index contributed by atoms with van der Waals surface area (Å²) in [5, 5.41) is 0. The second kappa shape index (κ2) is 8.93. The minimum absolute atomic E-state index is 0.974. The van der Waals surface area contributed by atoms with E-state index in [4.69, 9.17) is 0 Å². The SMILES string of the molecule is CCCc1cccc(CCC)c1[NH+]1C=NCC1.F[B-](F)(F)F. The van der Waals surface area contributed by atoms with Crippen molar-refractivity contribution in [3.63, 3.8) is 0 Å². The number of para-hydroxylation sites is 1. The molecule has 0 spiro atoms. The molecule has 2 rings (SSSR count). The van der Waals surface area contributed by atoms with E-state index in [9.17, 15) is 17.3 Å². The van der Waals surface area contributed by atoms with E-state index in [1.165, 1.54) is 47.4 Å². The molecule has 1 aliphatic heterocycles. The largest absolute Gasteiger partial charge is 0.673 e. The first-order valence-electron chi connectivity index (χ1n) is 7.70. The highest BCUT2D eigenvalue weighted by atomic mass is 19.5. The maximum absolute atomic E-state index is 9.75. The second-order valence-electron chi connectivity index (χ2n) is 5.26. The van der Waals surface area contributed by atoms with Gasteiger partial charge in [0.25, 0.3) is 0 Å². The van der Waals surface area contributed by atoms with Gasteiger partial charge in [-0.3, -0.25) is 4.90 Å². The van der Waals surface area contributed by atoms with E-state index in [0.29, 0.717) is 0 Å². The van der Waals surface area contributed by atoms with E-state index in [2.05, 4.69) is 43.4 Å². The third-order valence-electron chi connectivity index (χ3n) is 3.35.